The Morgan fingerprint density at radius 2 is 1.80 bits per heavy atom. The lowest BCUT2D eigenvalue weighted by molar-refractivity contribution is -0.142. The number of nitrogens with one attached hydrogen (secondary N) is 2. The first kappa shape index (κ1) is 18.9. The number of rotatable bonds is 10. The molecule has 0 saturated heterocycles. The van der Waals surface area contributed by atoms with Gasteiger partial charge in [-0.25, -0.2) is 17.9 Å². The van der Waals surface area contributed by atoms with E-state index in [0.717, 1.165) is 6.42 Å². The molecule has 8 heteroatoms. The smallest absolute Gasteiger partial charge is 0.326 e. The van der Waals surface area contributed by atoms with E-state index >= 15 is 0 Å². The van der Waals surface area contributed by atoms with Crippen molar-refractivity contribution in [2.45, 2.75) is 58.5 Å². The fraction of sp³-hybridized carbons (Fsp3) is 0.833. The number of carbonyl (C=O) groups excluding carboxylic acids is 1. The van der Waals surface area contributed by atoms with Gasteiger partial charge in [-0.1, -0.05) is 26.7 Å². The molecule has 0 fully saturated rings. The molecule has 1 amide bonds. The van der Waals surface area contributed by atoms with Crippen LogP contribution in [0.4, 0.5) is 0 Å². The maximum Gasteiger partial charge on any atom is 0.326 e. The van der Waals surface area contributed by atoms with Gasteiger partial charge in [0.25, 0.3) is 0 Å². The van der Waals surface area contributed by atoms with Crippen LogP contribution in [0.3, 0.4) is 0 Å². The van der Waals surface area contributed by atoms with E-state index in [9.17, 15) is 18.0 Å². The summed E-state index contributed by atoms with van der Waals surface area (Å²) in [5, 5.41) is 11.3. The zero-order valence-corrected chi connectivity index (χ0v) is 13.0. The number of amides is 1. The van der Waals surface area contributed by atoms with E-state index in [1.807, 2.05) is 6.92 Å². The summed E-state index contributed by atoms with van der Waals surface area (Å²) < 4.78 is 25.3. The van der Waals surface area contributed by atoms with Crippen molar-refractivity contribution < 1.29 is 23.1 Å². The molecule has 0 heterocycles. The minimum Gasteiger partial charge on any atom is -0.480 e. The molecule has 0 saturated carbocycles. The van der Waals surface area contributed by atoms with Gasteiger partial charge >= 0.3 is 5.97 Å². The summed E-state index contributed by atoms with van der Waals surface area (Å²) in [5.41, 5.74) is 0. The third-order valence-corrected chi connectivity index (χ3v) is 4.34. The van der Waals surface area contributed by atoms with Crippen LogP contribution in [0, 0.1) is 0 Å². The SMILES string of the molecule is CCCCC(NC(=O)C(C)NS(=O)(=O)CCC)C(=O)O. The molecule has 0 aliphatic rings. The van der Waals surface area contributed by atoms with Crippen molar-refractivity contribution >= 4 is 21.9 Å². The van der Waals surface area contributed by atoms with Crippen LogP contribution >= 0.6 is 0 Å². The van der Waals surface area contributed by atoms with Gasteiger partial charge in [0, 0.05) is 0 Å². The van der Waals surface area contributed by atoms with Crippen LogP contribution in [0.15, 0.2) is 0 Å². The van der Waals surface area contributed by atoms with Crippen LogP contribution in [0.25, 0.3) is 0 Å². The third kappa shape index (κ3) is 7.44. The maximum atomic E-state index is 11.8. The van der Waals surface area contributed by atoms with Crippen molar-refractivity contribution in [3.8, 4) is 0 Å². The van der Waals surface area contributed by atoms with Gasteiger partial charge in [-0.3, -0.25) is 4.79 Å². The van der Waals surface area contributed by atoms with Crippen molar-refractivity contribution in [1.82, 2.24) is 10.0 Å². The number of sulfonamides is 1. The largest absolute Gasteiger partial charge is 0.480 e. The highest BCUT2D eigenvalue weighted by atomic mass is 32.2. The first-order chi connectivity index (χ1) is 9.23. The Hall–Kier alpha value is -1.15. The Kier molecular flexibility index (Phi) is 8.40. The number of carbonyl (C=O) groups is 2. The van der Waals surface area contributed by atoms with Gasteiger partial charge in [0.05, 0.1) is 11.8 Å². The Morgan fingerprint density at radius 1 is 1.20 bits per heavy atom. The van der Waals surface area contributed by atoms with Crippen molar-refractivity contribution in [1.29, 1.82) is 0 Å². The Labute approximate surface area is 120 Å². The molecule has 7 nitrogen and oxygen atoms in total. The molecule has 2 unspecified atom stereocenters. The van der Waals surface area contributed by atoms with Crippen molar-refractivity contribution in [3.05, 3.63) is 0 Å². The van der Waals surface area contributed by atoms with E-state index in [1.165, 1.54) is 6.92 Å². The van der Waals surface area contributed by atoms with Gasteiger partial charge in [-0.2, -0.15) is 0 Å². The Morgan fingerprint density at radius 3 is 2.25 bits per heavy atom. The van der Waals surface area contributed by atoms with Crippen molar-refractivity contribution in [2.24, 2.45) is 0 Å². The van der Waals surface area contributed by atoms with E-state index in [2.05, 4.69) is 10.0 Å². The molecule has 2 atom stereocenters. The third-order valence-electron chi connectivity index (χ3n) is 2.68. The van der Waals surface area contributed by atoms with Gasteiger partial charge in [0.15, 0.2) is 0 Å². The molecule has 0 bridgehead atoms. The fourth-order valence-corrected chi connectivity index (χ4v) is 2.91. The lowest BCUT2D eigenvalue weighted by atomic mass is 10.1. The van der Waals surface area contributed by atoms with Gasteiger partial charge in [0.1, 0.15) is 6.04 Å². The number of hydrogen-bond acceptors (Lipinski definition) is 4. The van der Waals surface area contributed by atoms with Crippen LogP contribution in [-0.2, 0) is 19.6 Å². The van der Waals surface area contributed by atoms with Crippen LogP contribution in [0.2, 0.25) is 0 Å². The van der Waals surface area contributed by atoms with E-state index in [1.54, 1.807) is 6.92 Å². The Bertz CT molecular complexity index is 422. The molecule has 0 aromatic rings. The molecule has 0 aromatic heterocycles. The summed E-state index contributed by atoms with van der Waals surface area (Å²) in [6, 6.07) is -1.98. The van der Waals surface area contributed by atoms with E-state index < -0.39 is 34.0 Å². The van der Waals surface area contributed by atoms with Crippen LogP contribution in [0.5, 0.6) is 0 Å². The monoisotopic (exact) mass is 308 g/mol. The zero-order chi connectivity index (χ0) is 15.8. The summed E-state index contributed by atoms with van der Waals surface area (Å²) in [5.74, 6) is -1.81. The summed E-state index contributed by atoms with van der Waals surface area (Å²) in [4.78, 5) is 22.8. The van der Waals surface area contributed by atoms with Crippen molar-refractivity contribution in [2.75, 3.05) is 5.75 Å². The highest BCUT2D eigenvalue weighted by Gasteiger charge is 2.24. The number of hydrogen-bond donors (Lipinski definition) is 3. The van der Waals surface area contributed by atoms with E-state index in [4.69, 9.17) is 5.11 Å². The lowest BCUT2D eigenvalue weighted by Gasteiger charge is -2.18. The second-order valence-corrected chi connectivity index (χ2v) is 6.57. The molecular weight excluding hydrogens is 284 g/mol. The van der Waals surface area contributed by atoms with Gasteiger partial charge in [0.2, 0.25) is 15.9 Å². The highest BCUT2D eigenvalue weighted by molar-refractivity contribution is 7.89. The molecule has 20 heavy (non-hydrogen) atoms. The van der Waals surface area contributed by atoms with Crippen LogP contribution < -0.4 is 10.0 Å². The lowest BCUT2D eigenvalue weighted by Crippen LogP contribution is -2.50. The summed E-state index contributed by atoms with van der Waals surface area (Å²) in [7, 11) is -3.51. The second kappa shape index (κ2) is 8.91. The van der Waals surface area contributed by atoms with Crippen molar-refractivity contribution in [3.63, 3.8) is 0 Å². The fourth-order valence-electron chi connectivity index (χ4n) is 1.61. The quantitative estimate of drug-likeness (QED) is 0.543. The molecule has 0 spiro atoms. The average molecular weight is 308 g/mol. The first-order valence-corrected chi connectivity index (χ1v) is 8.41. The van der Waals surface area contributed by atoms with E-state index in [0.29, 0.717) is 19.3 Å². The maximum absolute atomic E-state index is 11.8. The van der Waals surface area contributed by atoms with Crippen LogP contribution in [0.1, 0.15) is 46.5 Å². The summed E-state index contributed by atoms with van der Waals surface area (Å²) >= 11 is 0. The summed E-state index contributed by atoms with van der Waals surface area (Å²) in [6.07, 6.45) is 2.26. The topological polar surface area (TPSA) is 113 Å². The van der Waals surface area contributed by atoms with Gasteiger partial charge in [-0.05, 0) is 19.8 Å². The van der Waals surface area contributed by atoms with Gasteiger partial charge in [-0.15, -0.1) is 0 Å². The minimum absolute atomic E-state index is 0.0667. The number of carboxylic acids is 1. The molecular formula is C12H24N2O5S. The molecule has 3 N–H and O–H groups in total. The Balaban J connectivity index is 4.53. The minimum atomic E-state index is -3.51. The van der Waals surface area contributed by atoms with Crippen LogP contribution in [-0.4, -0.2) is 43.2 Å². The standard InChI is InChI=1S/C12H24N2O5S/c1-4-6-7-10(12(16)17)13-11(15)9(3)14-20(18,19)8-5-2/h9-10,14H,4-8H2,1-3H3,(H,13,15)(H,16,17). The second-order valence-electron chi connectivity index (χ2n) is 4.70. The first-order valence-electron chi connectivity index (χ1n) is 6.76. The van der Waals surface area contributed by atoms with Gasteiger partial charge < -0.3 is 10.4 Å². The number of aliphatic carboxylic acids is 1. The molecule has 0 radical (unpaired) electrons. The number of carboxylic acid groups (broad SMARTS) is 1. The molecule has 0 aliphatic heterocycles. The molecule has 0 aromatic carbocycles. The predicted octanol–water partition coefficient (Wildman–Crippen LogP) is 0.464. The zero-order valence-electron chi connectivity index (χ0n) is 12.2. The average Bonchev–Trinajstić information content (AvgIpc) is 2.32. The predicted molar refractivity (Wildman–Crippen MR) is 75.8 cm³/mol. The summed E-state index contributed by atoms with van der Waals surface area (Å²) in [6.45, 7) is 5.03. The van der Waals surface area contributed by atoms with E-state index in [-0.39, 0.29) is 5.75 Å². The highest BCUT2D eigenvalue weighted by Crippen LogP contribution is 2.02. The number of unbranched alkanes of at least 4 members (excludes halogenated alkanes) is 1. The molecule has 0 aliphatic carbocycles. The molecule has 118 valence electrons. The molecule has 0 rings (SSSR count). The normalized spacial score (nSPS) is 14.6.